The maximum Gasteiger partial charge on any atom is 0.310 e. The van der Waals surface area contributed by atoms with Gasteiger partial charge in [-0.25, -0.2) is 0 Å². The minimum atomic E-state index is -0.739. The molecule has 0 amide bonds. The Morgan fingerprint density at radius 2 is 2.11 bits per heavy atom. The molecule has 2 aliphatic rings. The first-order valence-electron chi connectivity index (χ1n) is 6.85. The third-order valence-electron chi connectivity index (χ3n) is 4.10. The molecule has 18 heavy (non-hydrogen) atoms. The molecular formula is C13H23NO4. The van der Waals surface area contributed by atoms with E-state index in [0.717, 1.165) is 26.0 Å². The molecule has 2 fully saturated rings. The average Bonchev–Trinajstić information content (AvgIpc) is 2.75. The van der Waals surface area contributed by atoms with Crippen LogP contribution in [0.4, 0.5) is 0 Å². The summed E-state index contributed by atoms with van der Waals surface area (Å²) < 4.78 is 10.9. The summed E-state index contributed by atoms with van der Waals surface area (Å²) in [5, 5.41) is 9.21. The van der Waals surface area contributed by atoms with E-state index in [9.17, 15) is 9.90 Å². The monoisotopic (exact) mass is 257 g/mol. The van der Waals surface area contributed by atoms with Crippen molar-refractivity contribution in [2.45, 2.75) is 44.9 Å². The second-order valence-corrected chi connectivity index (χ2v) is 5.08. The summed E-state index contributed by atoms with van der Waals surface area (Å²) in [6, 6.07) is 0.486. The molecule has 0 radical (unpaired) electrons. The Kier molecular flexibility index (Phi) is 4.59. The first-order valence-corrected chi connectivity index (χ1v) is 6.85. The summed E-state index contributed by atoms with van der Waals surface area (Å²) in [5.74, 6) is -1.12. The lowest BCUT2D eigenvalue weighted by Crippen LogP contribution is -2.55. The number of aliphatic carboxylic acids is 1. The highest BCUT2D eigenvalue weighted by molar-refractivity contribution is 5.71. The molecule has 1 saturated heterocycles. The number of rotatable bonds is 6. The second kappa shape index (κ2) is 5.99. The van der Waals surface area contributed by atoms with E-state index < -0.39 is 5.97 Å². The minimum Gasteiger partial charge on any atom is -0.481 e. The highest BCUT2D eigenvalue weighted by atomic mass is 16.5. The van der Waals surface area contributed by atoms with Gasteiger partial charge in [-0.3, -0.25) is 9.69 Å². The van der Waals surface area contributed by atoms with Crippen LogP contribution in [0.5, 0.6) is 0 Å². The lowest BCUT2D eigenvalue weighted by molar-refractivity contribution is -0.144. The van der Waals surface area contributed by atoms with E-state index in [1.165, 1.54) is 0 Å². The number of ether oxygens (including phenoxy) is 2. The lowest BCUT2D eigenvalue weighted by Gasteiger charge is -2.45. The van der Waals surface area contributed by atoms with Crippen LogP contribution >= 0.6 is 0 Å². The third-order valence-corrected chi connectivity index (χ3v) is 4.10. The van der Waals surface area contributed by atoms with E-state index in [1.54, 1.807) is 0 Å². The molecule has 2 rings (SSSR count). The standard InChI is InChI=1S/C13H23NO4/c1-3-14(9-5-10(6-9)18-4-2)12-8-17-7-11(12)13(15)16/h9-12H,3-8H2,1-2H3,(H,15,16). The molecule has 2 atom stereocenters. The Morgan fingerprint density at radius 1 is 1.39 bits per heavy atom. The molecular weight excluding hydrogens is 234 g/mol. The van der Waals surface area contributed by atoms with Gasteiger partial charge in [0.15, 0.2) is 0 Å². The van der Waals surface area contributed by atoms with Crippen molar-refractivity contribution >= 4 is 5.97 Å². The van der Waals surface area contributed by atoms with Crippen LogP contribution in [0.3, 0.4) is 0 Å². The van der Waals surface area contributed by atoms with E-state index in [2.05, 4.69) is 11.8 Å². The van der Waals surface area contributed by atoms with Crippen molar-refractivity contribution in [1.29, 1.82) is 0 Å². The Balaban J connectivity index is 1.91. The van der Waals surface area contributed by atoms with Crippen molar-refractivity contribution in [2.75, 3.05) is 26.4 Å². The van der Waals surface area contributed by atoms with Crippen molar-refractivity contribution in [1.82, 2.24) is 4.90 Å². The molecule has 1 heterocycles. The summed E-state index contributed by atoms with van der Waals surface area (Å²) in [6.45, 7) is 6.62. The summed E-state index contributed by atoms with van der Waals surface area (Å²) in [7, 11) is 0. The molecule has 0 aromatic rings. The molecule has 5 heteroatoms. The van der Waals surface area contributed by atoms with E-state index in [0.29, 0.717) is 25.4 Å². The molecule has 1 N–H and O–H groups in total. The van der Waals surface area contributed by atoms with Crippen molar-refractivity contribution in [3.63, 3.8) is 0 Å². The van der Waals surface area contributed by atoms with E-state index in [1.807, 2.05) is 6.92 Å². The lowest BCUT2D eigenvalue weighted by atomic mass is 9.85. The van der Waals surface area contributed by atoms with Gasteiger partial charge in [-0.05, 0) is 26.3 Å². The molecule has 0 spiro atoms. The predicted octanol–water partition coefficient (Wildman–Crippen LogP) is 0.975. The third kappa shape index (κ3) is 2.68. The van der Waals surface area contributed by atoms with E-state index in [-0.39, 0.29) is 12.0 Å². The zero-order chi connectivity index (χ0) is 13.1. The van der Waals surface area contributed by atoms with Gasteiger partial charge in [0.1, 0.15) is 0 Å². The van der Waals surface area contributed by atoms with Gasteiger partial charge in [0.25, 0.3) is 0 Å². The molecule has 2 unspecified atom stereocenters. The van der Waals surface area contributed by atoms with Gasteiger partial charge in [-0.15, -0.1) is 0 Å². The van der Waals surface area contributed by atoms with Crippen molar-refractivity contribution in [2.24, 2.45) is 5.92 Å². The van der Waals surface area contributed by atoms with Crippen LogP contribution in [-0.2, 0) is 14.3 Å². The quantitative estimate of drug-likeness (QED) is 0.768. The number of hydrogen-bond acceptors (Lipinski definition) is 4. The van der Waals surface area contributed by atoms with Gasteiger partial charge in [-0.2, -0.15) is 0 Å². The van der Waals surface area contributed by atoms with Gasteiger partial charge in [0.05, 0.1) is 25.2 Å². The Hall–Kier alpha value is -0.650. The van der Waals surface area contributed by atoms with Crippen LogP contribution < -0.4 is 0 Å². The maximum absolute atomic E-state index is 11.2. The zero-order valence-electron chi connectivity index (χ0n) is 11.2. The van der Waals surface area contributed by atoms with Crippen LogP contribution in [0.15, 0.2) is 0 Å². The van der Waals surface area contributed by atoms with Gasteiger partial charge in [0.2, 0.25) is 0 Å². The van der Waals surface area contributed by atoms with Crippen molar-refractivity contribution in [3.8, 4) is 0 Å². The van der Waals surface area contributed by atoms with Gasteiger partial charge in [-0.1, -0.05) is 6.92 Å². The minimum absolute atomic E-state index is 0.0278. The SMILES string of the molecule is CCOC1CC(N(CC)C2COCC2C(=O)O)C1. The summed E-state index contributed by atoms with van der Waals surface area (Å²) in [6.07, 6.45) is 2.40. The molecule has 0 aromatic heterocycles. The van der Waals surface area contributed by atoms with Crippen LogP contribution in [-0.4, -0.2) is 60.5 Å². The second-order valence-electron chi connectivity index (χ2n) is 5.08. The number of carboxylic acid groups (broad SMARTS) is 1. The number of carboxylic acids is 1. The van der Waals surface area contributed by atoms with Crippen molar-refractivity contribution < 1.29 is 19.4 Å². The fourth-order valence-corrected chi connectivity index (χ4v) is 3.05. The Morgan fingerprint density at radius 3 is 2.67 bits per heavy atom. The Labute approximate surface area is 108 Å². The van der Waals surface area contributed by atoms with Gasteiger partial charge >= 0.3 is 5.97 Å². The van der Waals surface area contributed by atoms with Crippen molar-refractivity contribution in [3.05, 3.63) is 0 Å². The average molecular weight is 257 g/mol. The fraction of sp³-hybridized carbons (Fsp3) is 0.923. The smallest absolute Gasteiger partial charge is 0.310 e. The first-order chi connectivity index (χ1) is 8.67. The van der Waals surface area contributed by atoms with E-state index in [4.69, 9.17) is 9.47 Å². The molecule has 0 bridgehead atoms. The summed E-state index contributed by atoms with van der Waals surface area (Å²) in [4.78, 5) is 13.5. The summed E-state index contributed by atoms with van der Waals surface area (Å²) >= 11 is 0. The molecule has 1 aliphatic heterocycles. The van der Waals surface area contributed by atoms with Gasteiger partial charge in [0, 0.05) is 18.7 Å². The first kappa shape index (κ1) is 13.8. The van der Waals surface area contributed by atoms with Crippen LogP contribution in [0, 0.1) is 5.92 Å². The highest BCUT2D eigenvalue weighted by Crippen LogP contribution is 2.32. The molecule has 0 aromatic carbocycles. The number of carbonyl (C=O) groups is 1. The topological polar surface area (TPSA) is 59.0 Å². The predicted molar refractivity (Wildman–Crippen MR) is 66.5 cm³/mol. The largest absolute Gasteiger partial charge is 0.481 e. The number of nitrogens with zero attached hydrogens (tertiary/aromatic N) is 1. The zero-order valence-corrected chi connectivity index (χ0v) is 11.2. The normalized spacial score (nSPS) is 35.7. The van der Waals surface area contributed by atoms with Crippen LogP contribution in [0.1, 0.15) is 26.7 Å². The fourth-order valence-electron chi connectivity index (χ4n) is 3.05. The maximum atomic E-state index is 11.2. The van der Waals surface area contributed by atoms with E-state index >= 15 is 0 Å². The molecule has 5 nitrogen and oxygen atoms in total. The molecule has 104 valence electrons. The number of likely N-dealkylation sites (N-methyl/N-ethyl adjacent to an activating group) is 1. The van der Waals surface area contributed by atoms with Crippen LogP contribution in [0.2, 0.25) is 0 Å². The number of hydrogen-bond donors (Lipinski definition) is 1. The molecule has 1 saturated carbocycles. The summed E-state index contributed by atoms with van der Waals surface area (Å²) in [5.41, 5.74) is 0. The van der Waals surface area contributed by atoms with Gasteiger partial charge < -0.3 is 14.6 Å². The Bertz CT molecular complexity index is 291. The highest BCUT2D eigenvalue weighted by Gasteiger charge is 2.43. The molecule has 1 aliphatic carbocycles. The van der Waals surface area contributed by atoms with Crippen LogP contribution in [0.25, 0.3) is 0 Å².